The molecule has 1 fully saturated rings. The maximum Gasteiger partial charge on any atom is 0.393 e. The smallest absolute Gasteiger partial charge is 0.171 e. The van der Waals surface area contributed by atoms with Crippen LogP contribution in [0.15, 0.2) is 0 Å². The molecule has 138 valence electrons. The predicted molar refractivity (Wildman–Crippen MR) is 79.0 cm³/mol. The Morgan fingerprint density at radius 1 is 0.739 bits per heavy atom. The van der Waals surface area contributed by atoms with Gasteiger partial charge in [-0.15, -0.1) is 0 Å². The summed E-state index contributed by atoms with van der Waals surface area (Å²) < 4.78 is 79.7. The lowest BCUT2D eigenvalue weighted by Crippen LogP contribution is -2.44. The lowest BCUT2D eigenvalue weighted by Gasteiger charge is -2.48. The van der Waals surface area contributed by atoms with Gasteiger partial charge in [0.15, 0.2) is 0 Å². The van der Waals surface area contributed by atoms with Gasteiger partial charge in [-0.25, -0.2) is 0 Å². The Balaban J connectivity index is 3.10. The van der Waals surface area contributed by atoms with Crippen LogP contribution in [0.4, 0.5) is 26.3 Å². The van der Waals surface area contributed by atoms with Gasteiger partial charge >= 0.3 is 12.4 Å². The SMILES string of the molecule is CC1CCC(CC(C)(C)C(F)(F)F)(CC(C)(C)C(F)(F)F)CC1. The minimum atomic E-state index is -4.41. The molecule has 1 saturated carbocycles. The van der Waals surface area contributed by atoms with Crippen molar-refractivity contribution in [2.75, 3.05) is 0 Å². The molecule has 1 rings (SSSR count). The minimum Gasteiger partial charge on any atom is -0.171 e. The van der Waals surface area contributed by atoms with Gasteiger partial charge in [-0.3, -0.25) is 0 Å². The number of hydrogen-bond donors (Lipinski definition) is 0. The fourth-order valence-corrected chi connectivity index (χ4v) is 3.87. The van der Waals surface area contributed by atoms with E-state index in [4.69, 9.17) is 0 Å². The molecule has 0 N–H and O–H groups in total. The lowest BCUT2D eigenvalue weighted by molar-refractivity contribution is -0.241. The average Bonchev–Trinajstić information content (AvgIpc) is 2.29. The molecule has 1 aliphatic carbocycles. The van der Waals surface area contributed by atoms with Gasteiger partial charge in [-0.1, -0.05) is 47.5 Å². The first-order chi connectivity index (χ1) is 10.0. The van der Waals surface area contributed by atoms with Crippen molar-refractivity contribution >= 4 is 0 Å². The second-order valence-corrected chi connectivity index (χ2v) is 8.80. The van der Waals surface area contributed by atoms with E-state index in [-0.39, 0.29) is 12.8 Å². The lowest BCUT2D eigenvalue weighted by atomic mass is 9.58. The van der Waals surface area contributed by atoms with Crippen LogP contribution in [-0.4, -0.2) is 12.4 Å². The van der Waals surface area contributed by atoms with Crippen molar-refractivity contribution in [3.8, 4) is 0 Å². The van der Waals surface area contributed by atoms with E-state index in [1.807, 2.05) is 6.92 Å². The number of halogens is 6. The molecule has 0 aromatic rings. The molecule has 0 nitrogen and oxygen atoms in total. The molecule has 0 aromatic heterocycles. The number of alkyl halides is 6. The van der Waals surface area contributed by atoms with E-state index in [0.717, 1.165) is 27.7 Å². The Kier molecular flexibility index (Phi) is 5.51. The topological polar surface area (TPSA) is 0 Å². The van der Waals surface area contributed by atoms with Gasteiger partial charge in [0.2, 0.25) is 0 Å². The highest BCUT2D eigenvalue weighted by Gasteiger charge is 2.56. The molecule has 0 aromatic carbocycles. The standard InChI is InChI=1S/C17H28F6/c1-12-6-8-15(9-7-12,10-13(2,3)16(18,19)20)11-14(4,5)17(21,22)23/h12H,6-11H2,1-5H3. The number of hydrogen-bond acceptors (Lipinski definition) is 0. The Bertz CT molecular complexity index is 364. The minimum absolute atomic E-state index is 0.240. The van der Waals surface area contributed by atoms with Crippen LogP contribution in [0.2, 0.25) is 0 Å². The van der Waals surface area contributed by atoms with Crippen molar-refractivity contribution in [3.05, 3.63) is 0 Å². The highest BCUT2D eigenvalue weighted by Crippen LogP contribution is 2.58. The Labute approximate surface area is 135 Å². The van der Waals surface area contributed by atoms with Crippen LogP contribution < -0.4 is 0 Å². The third-order valence-corrected chi connectivity index (χ3v) is 5.50. The molecule has 23 heavy (non-hydrogen) atoms. The molecule has 0 saturated heterocycles. The summed E-state index contributed by atoms with van der Waals surface area (Å²) in [5.74, 6) is 0.367. The van der Waals surface area contributed by atoms with E-state index in [9.17, 15) is 26.3 Å². The Hall–Kier alpha value is -0.420. The summed E-state index contributed by atoms with van der Waals surface area (Å²) in [6.07, 6.45) is -7.04. The van der Waals surface area contributed by atoms with E-state index in [1.54, 1.807) is 0 Å². The van der Waals surface area contributed by atoms with Crippen LogP contribution in [0.25, 0.3) is 0 Å². The quantitative estimate of drug-likeness (QED) is 0.475. The van der Waals surface area contributed by atoms with E-state index in [1.165, 1.54) is 0 Å². The van der Waals surface area contributed by atoms with Crippen molar-refractivity contribution in [2.24, 2.45) is 22.2 Å². The molecule has 1 aliphatic rings. The first-order valence-electron chi connectivity index (χ1n) is 8.15. The second kappa shape index (κ2) is 6.14. The van der Waals surface area contributed by atoms with Crippen LogP contribution in [0, 0.1) is 22.2 Å². The van der Waals surface area contributed by atoms with Crippen LogP contribution >= 0.6 is 0 Å². The first kappa shape index (κ1) is 20.6. The highest BCUT2D eigenvalue weighted by molar-refractivity contribution is 4.96. The van der Waals surface area contributed by atoms with Gasteiger partial charge in [0, 0.05) is 0 Å². The molecule has 0 bridgehead atoms. The van der Waals surface area contributed by atoms with E-state index in [2.05, 4.69) is 0 Å². The molecular weight excluding hydrogens is 318 g/mol. The largest absolute Gasteiger partial charge is 0.393 e. The summed E-state index contributed by atoms with van der Waals surface area (Å²) in [7, 11) is 0. The number of rotatable bonds is 4. The van der Waals surface area contributed by atoms with Crippen LogP contribution in [0.1, 0.15) is 73.1 Å². The average molecular weight is 346 g/mol. The zero-order valence-electron chi connectivity index (χ0n) is 14.6. The predicted octanol–water partition coefficient (Wildman–Crippen LogP) is 7.14. The van der Waals surface area contributed by atoms with Gasteiger partial charge in [0.25, 0.3) is 0 Å². The summed E-state index contributed by atoms with van der Waals surface area (Å²) >= 11 is 0. The van der Waals surface area contributed by atoms with Crippen LogP contribution in [-0.2, 0) is 0 Å². The molecule has 6 heteroatoms. The third kappa shape index (κ3) is 4.79. The summed E-state index contributed by atoms with van der Waals surface area (Å²) in [6.45, 7) is 6.43. The van der Waals surface area contributed by atoms with Crippen molar-refractivity contribution in [1.82, 2.24) is 0 Å². The fourth-order valence-electron chi connectivity index (χ4n) is 3.87. The van der Waals surface area contributed by atoms with E-state index >= 15 is 0 Å². The first-order valence-corrected chi connectivity index (χ1v) is 8.15. The second-order valence-electron chi connectivity index (χ2n) is 8.80. The monoisotopic (exact) mass is 346 g/mol. The molecular formula is C17H28F6. The van der Waals surface area contributed by atoms with E-state index < -0.39 is 28.6 Å². The molecule has 0 radical (unpaired) electrons. The van der Waals surface area contributed by atoms with Crippen molar-refractivity contribution in [2.45, 2.75) is 85.5 Å². The van der Waals surface area contributed by atoms with Gasteiger partial charge in [-0.2, -0.15) is 26.3 Å². The van der Waals surface area contributed by atoms with Gasteiger partial charge < -0.3 is 0 Å². The fraction of sp³-hybridized carbons (Fsp3) is 1.00. The third-order valence-electron chi connectivity index (χ3n) is 5.50. The highest BCUT2D eigenvalue weighted by atomic mass is 19.4. The van der Waals surface area contributed by atoms with E-state index in [0.29, 0.717) is 31.6 Å². The van der Waals surface area contributed by atoms with Crippen molar-refractivity contribution in [3.63, 3.8) is 0 Å². The molecule has 0 atom stereocenters. The zero-order valence-corrected chi connectivity index (χ0v) is 14.6. The molecule has 0 amide bonds. The summed E-state index contributed by atoms with van der Waals surface area (Å²) in [5, 5.41) is 0. The van der Waals surface area contributed by atoms with Gasteiger partial charge in [-0.05, 0) is 37.0 Å². The Morgan fingerprint density at radius 3 is 1.30 bits per heavy atom. The molecule has 0 spiro atoms. The summed E-state index contributed by atoms with van der Waals surface area (Å²) in [4.78, 5) is 0. The normalized spacial score (nSPS) is 21.5. The summed E-state index contributed by atoms with van der Waals surface area (Å²) in [6, 6.07) is 0. The molecule has 0 aliphatic heterocycles. The summed E-state index contributed by atoms with van der Waals surface area (Å²) in [5.41, 5.74) is -4.85. The van der Waals surface area contributed by atoms with Crippen molar-refractivity contribution < 1.29 is 26.3 Å². The maximum atomic E-state index is 13.3. The van der Waals surface area contributed by atoms with Gasteiger partial charge in [0.05, 0.1) is 10.8 Å². The zero-order chi connectivity index (χ0) is 18.3. The Morgan fingerprint density at radius 2 is 1.04 bits per heavy atom. The van der Waals surface area contributed by atoms with Gasteiger partial charge in [0.1, 0.15) is 0 Å². The molecule has 0 unspecified atom stereocenters. The maximum absolute atomic E-state index is 13.3. The van der Waals surface area contributed by atoms with Crippen molar-refractivity contribution in [1.29, 1.82) is 0 Å². The van der Waals surface area contributed by atoms with Crippen LogP contribution in [0.5, 0.6) is 0 Å². The van der Waals surface area contributed by atoms with Crippen LogP contribution in [0.3, 0.4) is 0 Å². The molecule has 0 heterocycles.